The first-order valence-corrected chi connectivity index (χ1v) is 14.8. The lowest BCUT2D eigenvalue weighted by molar-refractivity contribution is -0.140. The summed E-state index contributed by atoms with van der Waals surface area (Å²) in [5.41, 5.74) is 0.528. The van der Waals surface area contributed by atoms with Crippen LogP contribution in [0.4, 0.5) is 5.69 Å². The fraction of sp³-hybridized carbons (Fsp3) is 0.355. The monoisotopic (exact) mass is 581 g/mol. The molecule has 2 amide bonds. The van der Waals surface area contributed by atoms with Gasteiger partial charge in [0.15, 0.2) is 0 Å². The molecule has 0 saturated carbocycles. The number of sulfonamides is 1. The Hall–Kier alpha value is -4.05. The molecular formula is C31H39N3O6S. The second-order valence-electron chi connectivity index (χ2n) is 10.5. The van der Waals surface area contributed by atoms with E-state index in [2.05, 4.69) is 5.32 Å². The number of hydrogen-bond donors (Lipinski definition) is 1. The molecule has 3 aromatic rings. The fourth-order valence-corrected chi connectivity index (χ4v) is 5.56. The van der Waals surface area contributed by atoms with E-state index in [0.29, 0.717) is 23.8 Å². The molecule has 0 fully saturated rings. The van der Waals surface area contributed by atoms with Crippen LogP contribution in [0.1, 0.15) is 40.2 Å². The lowest BCUT2D eigenvalue weighted by atomic mass is 10.1. The Bertz CT molecular complexity index is 1420. The molecule has 1 N–H and O–H groups in total. The number of amides is 2. The molecule has 0 aliphatic rings. The van der Waals surface area contributed by atoms with Crippen molar-refractivity contribution in [1.82, 2.24) is 10.2 Å². The van der Waals surface area contributed by atoms with Crippen LogP contribution in [0.15, 0.2) is 83.8 Å². The molecule has 3 rings (SSSR count). The van der Waals surface area contributed by atoms with Crippen LogP contribution in [0, 0.1) is 0 Å². The minimum Gasteiger partial charge on any atom is -0.497 e. The summed E-state index contributed by atoms with van der Waals surface area (Å²) in [6.45, 7) is 9.03. The van der Waals surface area contributed by atoms with E-state index in [4.69, 9.17) is 9.47 Å². The lowest BCUT2D eigenvalue weighted by Crippen LogP contribution is -2.54. The van der Waals surface area contributed by atoms with Gasteiger partial charge in [0.05, 0.1) is 24.3 Å². The average molecular weight is 582 g/mol. The van der Waals surface area contributed by atoms with E-state index in [0.717, 1.165) is 9.87 Å². The van der Waals surface area contributed by atoms with Crippen LogP contribution >= 0.6 is 0 Å². The molecule has 9 nitrogen and oxygen atoms in total. The van der Waals surface area contributed by atoms with Gasteiger partial charge in [0.25, 0.3) is 10.0 Å². The molecule has 0 saturated heterocycles. The second-order valence-corrected chi connectivity index (χ2v) is 12.4. The first-order chi connectivity index (χ1) is 19.4. The van der Waals surface area contributed by atoms with E-state index in [1.54, 1.807) is 74.7 Å². The van der Waals surface area contributed by atoms with E-state index < -0.39 is 34.1 Å². The Morgan fingerprint density at radius 3 is 2.17 bits per heavy atom. The standard InChI is InChI=1S/C31H39N3O6S/c1-7-40-26-16-18-28(19-17-26)41(37,38)34(25-13-9-8-10-14-25)22-29(35)33(23(2)30(36)32-31(3,4)5)21-24-12-11-15-27(20-24)39-6/h8-20,23H,7,21-22H2,1-6H3,(H,32,36). The molecule has 0 heterocycles. The molecule has 0 spiro atoms. The third-order valence-electron chi connectivity index (χ3n) is 6.20. The highest BCUT2D eigenvalue weighted by atomic mass is 32.2. The summed E-state index contributed by atoms with van der Waals surface area (Å²) < 4.78 is 39.7. The normalized spacial score (nSPS) is 12.2. The molecule has 220 valence electrons. The summed E-state index contributed by atoms with van der Waals surface area (Å²) in [6, 6.07) is 20.8. The van der Waals surface area contributed by atoms with Gasteiger partial charge in [0.2, 0.25) is 11.8 Å². The smallest absolute Gasteiger partial charge is 0.264 e. The first kappa shape index (κ1) is 31.5. The number of ether oxygens (including phenoxy) is 2. The number of para-hydroxylation sites is 1. The highest BCUT2D eigenvalue weighted by molar-refractivity contribution is 7.92. The summed E-state index contributed by atoms with van der Waals surface area (Å²) in [5.74, 6) is 0.250. The summed E-state index contributed by atoms with van der Waals surface area (Å²) in [7, 11) is -2.62. The van der Waals surface area contributed by atoms with Gasteiger partial charge in [-0.3, -0.25) is 13.9 Å². The molecule has 0 bridgehead atoms. The fourth-order valence-electron chi connectivity index (χ4n) is 4.15. The number of benzene rings is 3. The third kappa shape index (κ3) is 8.47. The van der Waals surface area contributed by atoms with Crippen LogP contribution in [0.3, 0.4) is 0 Å². The zero-order chi connectivity index (χ0) is 30.2. The second kappa shape index (κ2) is 13.5. The van der Waals surface area contributed by atoms with E-state index in [9.17, 15) is 18.0 Å². The highest BCUT2D eigenvalue weighted by Crippen LogP contribution is 2.26. The Balaban J connectivity index is 2.01. The summed E-state index contributed by atoms with van der Waals surface area (Å²) in [6.07, 6.45) is 0. The Morgan fingerprint density at radius 2 is 1.59 bits per heavy atom. The molecule has 10 heteroatoms. The number of carbonyl (C=O) groups is 2. The van der Waals surface area contributed by atoms with Crippen LogP contribution in [-0.2, 0) is 26.2 Å². The van der Waals surface area contributed by atoms with E-state index in [-0.39, 0.29) is 17.3 Å². The van der Waals surface area contributed by atoms with Crippen molar-refractivity contribution in [3.05, 3.63) is 84.4 Å². The zero-order valence-corrected chi connectivity index (χ0v) is 25.3. The number of anilines is 1. The van der Waals surface area contributed by atoms with Crippen molar-refractivity contribution >= 4 is 27.5 Å². The zero-order valence-electron chi connectivity index (χ0n) is 24.5. The number of nitrogens with zero attached hydrogens (tertiary/aromatic N) is 2. The van der Waals surface area contributed by atoms with Gasteiger partial charge in [-0.2, -0.15) is 0 Å². The maximum atomic E-state index is 14.0. The number of methoxy groups -OCH3 is 1. The number of carbonyl (C=O) groups excluding carboxylic acids is 2. The van der Waals surface area contributed by atoms with Crippen molar-refractivity contribution in [3.63, 3.8) is 0 Å². The Labute approximate surface area is 243 Å². The van der Waals surface area contributed by atoms with Gasteiger partial charge in [0.1, 0.15) is 24.1 Å². The minimum atomic E-state index is -4.16. The lowest BCUT2D eigenvalue weighted by Gasteiger charge is -2.33. The molecule has 0 aliphatic carbocycles. The predicted molar refractivity (Wildman–Crippen MR) is 159 cm³/mol. The third-order valence-corrected chi connectivity index (χ3v) is 7.99. The van der Waals surface area contributed by atoms with Crippen LogP contribution in [0.5, 0.6) is 11.5 Å². The summed E-state index contributed by atoms with van der Waals surface area (Å²) in [5, 5.41) is 2.92. The molecule has 3 aromatic carbocycles. The van der Waals surface area contributed by atoms with Gasteiger partial charge in [-0.05, 0) is 88.7 Å². The number of nitrogens with one attached hydrogen (secondary N) is 1. The number of rotatable bonds is 12. The largest absolute Gasteiger partial charge is 0.497 e. The van der Waals surface area contributed by atoms with E-state index >= 15 is 0 Å². The first-order valence-electron chi connectivity index (χ1n) is 13.4. The van der Waals surface area contributed by atoms with E-state index in [1.165, 1.54) is 17.0 Å². The molecule has 0 radical (unpaired) electrons. The van der Waals surface area contributed by atoms with Crippen LogP contribution in [0.2, 0.25) is 0 Å². The SMILES string of the molecule is CCOc1ccc(S(=O)(=O)N(CC(=O)N(Cc2cccc(OC)c2)C(C)C(=O)NC(C)(C)C)c2ccccc2)cc1. The molecule has 1 atom stereocenters. The van der Waals surface area contributed by atoms with Gasteiger partial charge in [-0.25, -0.2) is 8.42 Å². The van der Waals surface area contributed by atoms with Crippen LogP contribution < -0.4 is 19.1 Å². The van der Waals surface area contributed by atoms with Gasteiger partial charge in [0, 0.05) is 12.1 Å². The molecular weight excluding hydrogens is 542 g/mol. The van der Waals surface area contributed by atoms with Gasteiger partial charge in [-0.15, -0.1) is 0 Å². The Kier molecular flexibility index (Phi) is 10.4. The average Bonchev–Trinajstić information content (AvgIpc) is 2.94. The molecule has 0 aromatic heterocycles. The molecule has 0 aliphatic heterocycles. The van der Waals surface area contributed by atoms with Gasteiger partial charge < -0.3 is 19.7 Å². The topological polar surface area (TPSA) is 105 Å². The van der Waals surface area contributed by atoms with Crippen molar-refractivity contribution in [2.24, 2.45) is 0 Å². The minimum absolute atomic E-state index is 0.00970. The van der Waals surface area contributed by atoms with Crippen LogP contribution in [-0.4, -0.2) is 57.0 Å². The summed E-state index contributed by atoms with van der Waals surface area (Å²) >= 11 is 0. The quantitative estimate of drug-likeness (QED) is 0.335. The maximum Gasteiger partial charge on any atom is 0.264 e. The summed E-state index contributed by atoms with van der Waals surface area (Å²) in [4.78, 5) is 28.6. The Morgan fingerprint density at radius 1 is 0.927 bits per heavy atom. The van der Waals surface area contributed by atoms with Crippen molar-refractivity contribution in [1.29, 1.82) is 0 Å². The van der Waals surface area contributed by atoms with Gasteiger partial charge in [-0.1, -0.05) is 30.3 Å². The molecule has 1 unspecified atom stereocenters. The van der Waals surface area contributed by atoms with Crippen molar-refractivity contribution < 1.29 is 27.5 Å². The van der Waals surface area contributed by atoms with Crippen LogP contribution in [0.25, 0.3) is 0 Å². The molecule has 41 heavy (non-hydrogen) atoms. The van der Waals surface area contributed by atoms with Gasteiger partial charge >= 0.3 is 0 Å². The maximum absolute atomic E-state index is 14.0. The number of hydrogen-bond acceptors (Lipinski definition) is 6. The van der Waals surface area contributed by atoms with E-state index in [1.807, 2.05) is 33.8 Å². The van der Waals surface area contributed by atoms with Crippen molar-refractivity contribution in [2.75, 3.05) is 24.6 Å². The van der Waals surface area contributed by atoms with Crippen molar-refractivity contribution in [3.8, 4) is 11.5 Å². The van der Waals surface area contributed by atoms with Crippen molar-refractivity contribution in [2.45, 2.75) is 57.6 Å². The highest BCUT2D eigenvalue weighted by Gasteiger charge is 2.33. The predicted octanol–water partition coefficient (Wildman–Crippen LogP) is 4.62.